The molecule has 2 heterocycles. The van der Waals surface area contributed by atoms with Gasteiger partial charge in [-0.2, -0.15) is 0 Å². The molecule has 0 saturated heterocycles. The predicted molar refractivity (Wildman–Crippen MR) is 57.6 cm³/mol. The molecule has 0 aliphatic heterocycles. The summed E-state index contributed by atoms with van der Waals surface area (Å²) in [5, 5.41) is 9.61. The van der Waals surface area contributed by atoms with Crippen molar-refractivity contribution in [3.8, 4) is 16.3 Å². The van der Waals surface area contributed by atoms with Gasteiger partial charge >= 0.3 is 0 Å². The fraction of sp³-hybridized carbons (Fsp3) is 0.222. The maximum absolute atomic E-state index is 5.48. The second kappa shape index (κ2) is 4.33. The quantitative estimate of drug-likeness (QED) is 0.840. The lowest BCUT2D eigenvalue weighted by Gasteiger charge is -2.02. The van der Waals surface area contributed by atoms with Crippen molar-refractivity contribution in [2.45, 2.75) is 6.54 Å². The molecule has 0 unspecified atom stereocenters. The molecule has 78 valence electrons. The van der Waals surface area contributed by atoms with Crippen molar-refractivity contribution in [2.75, 3.05) is 7.11 Å². The zero-order valence-corrected chi connectivity index (χ0v) is 8.99. The summed E-state index contributed by atoms with van der Waals surface area (Å²) in [7, 11) is 1.60. The van der Waals surface area contributed by atoms with E-state index in [0.29, 0.717) is 12.3 Å². The lowest BCUT2D eigenvalue weighted by molar-refractivity contribution is 0.414. The SMILES string of the molecule is COc1cnccc1-c1nnc(CN)s1. The Kier molecular flexibility index (Phi) is 2.89. The molecule has 2 N–H and O–H groups in total. The van der Waals surface area contributed by atoms with Gasteiger partial charge in [0, 0.05) is 12.7 Å². The largest absolute Gasteiger partial charge is 0.494 e. The topological polar surface area (TPSA) is 73.9 Å². The maximum Gasteiger partial charge on any atom is 0.151 e. The molecule has 0 saturated carbocycles. The summed E-state index contributed by atoms with van der Waals surface area (Å²) in [4.78, 5) is 3.98. The minimum atomic E-state index is 0.408. The summed E-state index contributed by atoms with van der Waals surface area (Å²) in [5.41, 5.74) is 6.37. The number of methoxy groups -OCH3 is 1. The first-order valence-corrected chi connectivity index (χ1v) is 5.17. The normalized spacial score (nSPS) is 10.3. The average molecular weight is 222 g/mol. The van der Waals surface area contributed by atoms with Crippen molar-refractivity contribution in [3.05, 3.63) is 23.5 Å². The van der Waals surface area contributed by atoms with Crippen molar-refractivity contribution in [2.24, 2.45) is 5.73 Å². The van der Waals surface area contributed by atoms with E-state index in [0.717, 1.165) is 15.6 Å². The summed E-state index contributed by atoms with van der Waals surface area (Å²) >= 11 is 1.46. The Morgan fingerprint density at radius 2 is 2.33 bits per heavy atom. The van der Waals surface area contributed by atoms with E-state index in [4.69, 9.17) is 10.5 Å². The van der Waals surface area contributed by atoms with Crippen LogP contribution in [0, 0.1) is 0 Å². The summed E-state index contributed by atoms with van der Waals surface area (Å²) in [6.07, 6.45) is 3.35. The first kappa shape index (κ1) is 10.0. The number of ether oxygens (including phenoxy) is 1. The van der Waals surface area contributed by atoms with Crippen LogP contribution in [-0.4, -0.2) is 22.3 Å². The molecule has 0 fully saturated rings. The van der Waals surface area contributed by atoms with Crippen LogP contribution in [0.4, 0.5) is 0 Å². The molecular formula is C9H10N4OS. The number of aromatic nitrogens is 3. The standard InChI is InChI=1S/C9H10N4OS/c1-14-7-5-11-3-2-6(7)9-13-12-8(4-10)15-9/h2-3,5H,4,10H2,1H3. The predicted octanol–water partition coefficient (Wildman–Crippen LogP) is 1.07. The molecule has 0 radical (unpaired) electrons. The van der Waals surface area contributed by atoms with Gasteiger partial charge in [0.2, 0.25) is 0 Å². The molecular weight excluding hydrogens is 212 g/mol. The van der Waals surface area contributed by atoms with Gasteiger partial charge in [0.05, 0.1) is 18.9 Å². The van der Waals surface area contributed by atoms with Crippen molar-refractivity contribution >= 4 is 11.3 Å². The van der Waals surface area contributed by atoms with Crippen LogP contribution in [0.1, 0.15) is 5.01 Å². The Morgan fingerprint density at radius 1 is 1.47 bits per heavy atom. The zero-order valence-electron chi connectivity index (χ0n) is 8.17. The van der Waals surface area contributed by atoms with E-state index in [2.05, 4.69) is 15.2 Å². The Hall–Kier alpha value is -1.53. The van der Waals surface area contributed by atoms with E-state index >= 15 is 0 Å². The van der Waals surface area contributed by atoms with Crippen LogP contribution in [-0.2, 0) is 6.54 Å². The third-order valence-corrected chi connectivity index (χ3v) is 2.86. The highest BCUT2D eigenvalue weighted by atomic mass is 32.1. The van der Waals surface area contributed by atoms with E-state index < -0.39 is 0 Å². The van der Waals surface area contributed by atoms with Gasteiger partial charge in [-0.25, -0.2) is 0 Å². The minimum absolute atomic E-state index is 0.408. The van der Waals surface area contributed by atoms with Crippen LogP contribution in [0.25, 0.3) is 10.6 Å². The van der Waals surface area contributed by atoms with Gasteiger partial charge < -0.3 is 10.5 Å². The number of hydrogen-bond acceptors (Lipinski definition) is 6. The van der Waals surface area contributed by atoms with Gasteiger partial charge in [-0.1, -0.05) is 11.3 Å². The lowest BCUT2D eigenvalue weighted by Crippen LogP contribution is -1.94. The van der Waals surface area contributed by atoms with Crippen molar-refractivity contribution in [1.82, 2.24) is 15.2 Å². The number of hydrogen-bond donors (Lipinski definition) is 1. The summed E-state index contributed by atoms with van der Waals surface area (Å²) in [6, 6.07) is 1.85. The molecule has 0 aliphatic carbocycles. The minimum Gasteiger partial charge on any atom is -0.494 e. The third kappa shape index (κ3) is 1.95. The number of nitrogens with zero attached hydrogens (tertiary/aromatic N) is 3. The first-order valence-electron chi connectivity index (χ1n) is 4.36. The highest BCUT2D eigenvalue weighted by molar-refractivity contribution is 7.14. The van der Waals surface area contributed by atoms with E-state index in [1.165, 1.54) is 11.3 Å². The molecule has 0 amide bonds. The van der Waals surface area contributed by atoms with Crippen molar-refractivity contribution in [1.29, 1.82) is 0 Å². The van der Waals surface area contributed by atoms with E-state index in [1.807, 2.05) is 6.07 Å². The van der Waals surface area contributed by atoms with Crippen molar-refractivity contribution < 1.29 is 4.74 Å². The average Bonchev–Trinajstić information content (AvgIpc) is 2.77. The number of rotatable bonds is 3. The summed E-state index contributed by atoms with van der Waals surface area (Å²) in [5.74, 6) is 0.692. The Balaban J connectivity index is 2.44. The fourth-order valence-corrected chi connectivity index (χ4v) is 1.91. The Labute approximate surface area is 90.9 Å². The molecule has 0 aliphatic rings. The van der Waals surface area contributed by atoms with Crippen LogP contribution >= 0.6 is 11.3 Å². The van der Waals surface area contributed by atoms with Crippen molar-refractivity contribution in [3.63, 3.8) is 0 Å². The third-order valence-electron chi connectivity index (χ3n) is 1.88. The highest BCUT2D eigenvalue weighted by Crippen LogP contribution is 2.30. The second-order valence-electron chi connectivity index (χ2n) is 2.78. The van der Waals surface area contributed by atoms with Crippen LogP contribution in [0.5, 0.6) is 5.75 Å². The van der Waals surface area contributed by atoms with Gasteiger partial charge in [0.25, 0.3) is 0 Å². The molecule has 0 spiro atoms. The van der Waals surface area contributed by atoms with Gasteiger partial charge in [0.15, 0.2) is 5.01 Å². The van der Waals surface area contributed by atoms with Gasteiger partial charge in [-0.3, -0.25) is 4.98 Å². The van der Waals surface area contributed by atoms with Crippen LogP contribution in [0.3, 0.4) is 0 Å². The van der Waals surface area contributed by atoms with Crippen LogP contribution in [0.15, 0.2) is 18.5 Å². The molecule has 15 heavy (non-hydrogen) atoms. The number of nitrogens with two attached hydrogens (primary N) is 1. The molecule has 0 bridgehead atoms. The van der Waals surface area contributed by atoms with E-state index in [-0.39, 0.29) is 0 Å². The second-order valence-corrected chi connectivity index (χ2v) is 3.84. The smallest absolute Gasteiger partial charge is 0.151 e. The lowest BCUT2D eigenvalue weighted by atomic mass is 10.2. The number of pyridine rings is 1. The summed E-state index contributed by atoms with van der Waals surface area (Å²) < 4.78 is 5.19. The maximum atomic E-state index is 5.48. The van der Waals surface area contributed by atoms with E-state index in [9.17, 15) is 0 Å². The van der Waals surface area contributed by atoms with Gasteiger partial charge in [-0.15, -0.1) is 10.2 Å². The molecule has 0 atom stereocenters. The Morgan fingerprint density at radius 3 is 3.00 bits per heavy atom. The van der Waals surface area contributed by atoms with Gasteiger partial charge in [0.1, 0.15) is 10.8 Å². The summed E-state index contributed by atoms with van der Waals surface area (Å²) in [6.45, 7) is 0.408. The highest BCUT2D eigenvalue weighted by Gasteiger charge is 2.10. The zero-order chi connectivity index (χ0) is 10.7. The molecule has 6 heteroatoms. The fourth-order valence-electron chi connectivity index (χ4n) is 1.16. The Bertz CT molecular complexity index is 457. The monoisotopic (exact) mass is 222 g/mol. The van der Waals surface area contributed by atoms with Crippen LogP contribution < -0.4 is 10.5 Å². The first-order chi connectivity index (χ1) is 7.35. The molecule has 2 aromatic rings. The van der Waals surface area contributed by atoms with Gasteiger partial charge in [-0.05, 0) is 6.07 Å². The van der Waals surface area contributed by atoms with Crippen LogP contribution in [0.2, 0.25) is 0 Å². The molecule has 2 aromatic heterocycles. The molecule has 5 nitrogen and oxygen atoms in total. The molecule has 0 aromatic carbocycles. The van der Waals surface area contributed by atoms with E-state index in [1.54, 1.807) is 19.5 Å². The molecule has 2 rings (SSSR count).